The molecule has 2 aromatic heterocycles. The van der Waals surface area contributed by atoms with Crippen LogP contribution in [0.4, 0.5) is 13.2 Å². The molecular formula is C12H13F3N4S. The molecule has 0 aliphatic heterocycles. The van der Waals surface area contributed by atoms with Gasteiger partial charge in [-0.2, -0.15) is 13.2 Å². The van der Waals surface area contributed by atoms with E-state index in [0.29, 0.717) is 12.1 Å². The Hall–Kier alpha value is -1.51. The Labute approximate surface area is 117 Å². The number of nitrogens with two attached hydrogens (primary N) is 1. The monoisotopic (exact) mass is 302 g/mol. The predicted molar refractivity (Wildman–Crippen MR) is 69.9 cm³/mol. The Kier molecular flexibility index (Phi) is 4.36. The molecule has 0 aliphatic rings. The third-order valence-electron chi connectivity index (χ3n) is 2.75. The summed E-state index contributed by atoms with van der Waals surface area (Å²) in [6, 6.07) is 1.95. The van der Waals surface area contributed by atoms with E-state index in [-0.39, 0.29) is 6.04 Å². The van der Waals surface area contributed by atoms with E-state index in [0.717, 1.165) is 23.0 Å². The lowest BCUT2D eigenvalue weighted by Gasteiger charge is -2.15. The molecule has 2 rings (SSSR count). The Morgan fingerprint density at radius 2 is 2.15 bits per heavy atom. The smallest absolute Gasteiger partial charge is 0.271 e. The average molecular weight is 302 g/mol. The minimum Gasteiger partial charge on any atom is -0.271 e. The number of halogens is 3. The molecule has 4 nitrogen and oxygen atoms in total. The first kappa shape index (κ1) is 14.9. The van der Waals surface area contributed by atoms with E-state index in [1.807, 2.05) is 12.3 Å². The van der Waals surface area contributed by atoms with Gasteiger partial charge in [0.15, 0.2) is 0 Å². The number of hydrazine groups is 1. The second kappa shape index (κ2) is 5.86. The highest BCUT2D eigenvalue weighted by molar-refractivity contribution is 7.09. The molecule has 108 valence electrons. The molecule has 0 fully saturated rings. The van der Waals surface area contributed by atoms with Crippen LogP contribution in [0.3, 0.4) is 0 Å². The van der Waals surface area contributed by atoms with E-state index < -0.39 is 11.7 Å². The summed E-state index contributed by atoms with van der Waals surface area (Å²) in [6.07, 6.45) is -3.10. The summed E-state index contributed by atoms with van der Waals surface area (Å²) in [5, 5.41) is 2.82. The fraction of sp³-hybridized carbons (Fsp3) is 0.333. The fourth-order valence-electron chi connectivity index (χ4n) is 1.74. The van der Waals surface area contributed by atoms with Gasteiger partial charge in [-0.05, 0) is 19.1 Å². The summed E-state index contributed by atoms with van der Waals surface area (Å²) in [7, 11) is 0. The Bertz CT molecular complexity index is 565. The molecule has 1 unspecified atom stereocenters. The fourth-order valence-corrected chi connectivity index (χ4v) is 2.36. The van der Waals surface area contributed by atoms with Gasteiger partial charge in [0, 0.05) is 18.0 Å². The van der Waals surface area contributed by atoms with Gasteiger partial charge >= 0.3 is 6.18 Å². The summed E-state index contributed by atoms with van der Waals surface area (Å²) in [5.41, 5.74) is 3.06. The number of hydrogen-bond acceptors (Lipinski definition) is 5. The summed E-state index contributed by atoms with van der Waals surface area (Å²) in [5.74, 6) is 5.45. The van der Waals surface area contributed by atoms with Crippen molar-refractivity contribution < 1.29 is 13.2 Å². The van der Waals surface area contributed by atoms with E-state index in [4.69, 9.17) is 5.84 Å². The normalized spacial score (nSPS) is 13.4. The van der Waals surface area contributed by atoms with Crippen LogP contribution in [0.2, 0.25) is 0 Å². The number of aromatic nitrogens is 2. The summed E-state index contributed by atoms with van der Waals surface area (Å²) in [4.78, 5) is 8.13. The standard InChI is InChI=1S/C12H13F3N4S/c1-7-18-9(6-20-7)4-11(19-16)10-3-2-8(5-17-10)12(13,14)15/h2-3,5-6,11,19H,4,16H2,1H3. The quantitative estimate of drug-likeness (QED) is 0.673. The lowest BCUT2D eigenvalue weighted by atomic mass is 10.1. The molecule has 0 saturated carbocycles. The topological polar surface area (TPSA) is 63.8 Å². The van der Waals surface area contributed by atoms with Gasteiger partial charge in [-0.15, -0.1) is 11.3 Å². The van der Waals surface area contributed by atoms with Crippen LogP contribution in [0.25, 0.3) is 0 Å². The predicted octanol–water partition coefficient (Wildman–Crippen LogP) is 2.61. The van der Waals surface area contributed by atoms with Crippen molar-refractivity contribution in [3.05, 3.63) is 45.7 Å². The summed E-state index contributed by atoms with van der Waals surface area (Å²) in [6.45, 7) is 1.88. The van der Waals surface area contributed by atoms with Crippen LogP contribution < -0.4 is 11.3 Å². The largest absolute Gasteiger partial charge is 0.417 e. The zero-order chi connectivity index (χ0) is 14.8. The minimum absolute atomic E-state index is 0.376. The minimum atomic E-state index is -4.39. The Morgan fingerprint density at radius 3 is 2.60 bits per heavy atom. The van der Waals surface area contributed by atoms with Crippen molar-refractivity contribution in [1.29, 1.82) is 0 Å². The lowest BCUT2D eigenvalue weighted by Crippen LogP contribution is -2.30. The number of aryl methyl sites for hydroxylation is 1. The maximum atomic E-state index is 12.5. The van der Waals surface area contributed by atoms with E-state index in [1.54, 1.807) is 0 Å². The molecule has 0 saturated heterocycles. The van der Waals surface area contributed by atoms with Gasteiger partial charge in [0.25, 0.3) is 0 Å². The number of pyridine rings is 1. The van der Waals surface area contributed by atoms with Gasteiger partial charge < -0.3 is 0 Å². The van der Waals surface area contributed by atoms with Crippen LogP contribution in [0.15, 0.2) is 23.7 Å². The SMILES string of the molecule is Cc1nc(CC(NN)c2ccc(C(F)(F)F)cn2)cs1. The first-order valence-electron chi connectivity index (χ1n) is 5.80. The molecule has 0 radical (unpaired) electrons. The second-order valence-corrected chi connectivity index (χ2v) is 5.31. The van der Waals surface area contributed by atoms with Crippen LogP contribution in [-0.2, 0) is 12.6 Å². The molecule has 8 heteroatoms. The van der Waals surface area contributed by atoms with Gasteiger partial charge in [-0.3, -0.25) is 16.3 Å². The van der Waals surface area contributed by atoms with E-state index in [2.05, 4.69) is 15.4 Å². The highest BCUT2D eigenvalue weighted by Crippen LogP contribution is 2.29. The Morgan fingerprint density at radius 1 is 1.40 bits per heavy atom. The maximum Gasteiger partial charge on any atom is 0.417 e. The second-order valence-electron chi connectivity index (χ2n) is 4.25. The molecule has 0 bridgehead atoms. The van der Waals surface area contributed by atoms with Crippen LogP contribution in [0.5, 0.6) is 0 Å². The number of nitrogens with one attached hydrogen (secondary N) is 1. The molecular weight excluding hydrogens is 289 g/mol. The third-order valence-corrected chi connectivity index (χ3v) is 3.57. The summed E-state index contributed by atoms with van der Waals surface area (Å²) < 4.78 is 37.4. The van der Waals surface area contributed by atoms with Gasteiger partial charge in [0.05, 0.1) is 28.0 Å². The number of hydrogen-bond donors (Lipinski definition) is 2. The zero-order valence-corrected chi connectivity index (χ0v) is 11.4. The van der Waals surface area contributed by atoms with Crippen molar-refractivity contribution in [2.75, 3.05) is 0 Å². The van der Waals surface area contributed by atoms with Crippen LogP contribution in [0.1, 0.15) is 28.0 Å². The third kappa shape index (κ3) is 3.53. The molecule has 1 atom stereocenters. The molecule has 0 aliphatic carbocycles. The molecule has 3 N–H and O–H groups in total. The van der Waals surface area contributed by atoms with Gasteiger partial charge in [-0.1, -0.05) is 0 Å². The van der Waals surface area contributed by atoms with Gasteiger partial charge in [0.2, 0.25) is 0 Å². The van der Waals surface area contributed by atoms with Crippen molar-refractivity contribution in [2.24, 2.45) is 5.84 Å². The van der Waals surface area contributed by atoms with Crippen molar-refractivity contribution in [3.8, 4) is 0 Å². The highest BCUT2D eigenvalue weighted by Gasteiger charge is 2.31. The van der Waals surface area contributed by atoms with E-state index in [9.17, 15) is 13.2 Å². The summed E-state index contributed by atoms with van der Waals surface area (Å²) >= 11 is 1.51. The van der Waals surface area contributed by atoms with Crippen LogP contribution in [0, 0.1) is 6.92 Å². The zero-order valence-electron chi connectivity index (χ0n) is 10.6. The van der Waals surface area contributed by atoms with Crippen molar-refractivity contribution in [2.45, 2.75) is 25.6 Å². The number of alkyl halides is 3. The van der Waals surface area contributed by atoms with Gasteiger partial charge in [-0.25, -0.2) is 4.98 Å². The molecule has 0 aromatic carbocycles. The number of nitrogens with zero attached hydrogens (tertiary/aromatic N) is 2. The first-order chi connectivity index (χ1) is 9.40. The van der Waals surface area contributed by atoms with E-state index in [1.165, 1.54) is 17.4 Å². The number of thiazole rings is 1. The van der Waals surface area contributed by atoms with Crippen molar-refractivity contribution >= 4 is 11.3 Å². The molecule has 2 heterocycles. The molecule has 20 heavy (non-hydrogen) atoms. The van der Waals surface area contributed by atoms with Crippen molar-refractivity contribution in [3.63, 3.8) is 0 Å². The maximum absolute atomic E-state index is 12.5. The van der Waals surface area contributed by atoms with Gasteiger partial charge in [0.1, 0.15) is 0 Å². The molecule has 2 aromatic rings. The Balaban J connectivity index is 2.15. The first-order valence-corrected chi connectivity index (χ1v) is 6.68. The van der Waals surface area contributed by atoms with Crippen molar-refractivity contribution in [1.82, 2.24) is 15.4 Å². The lowest BCUT2D eigenvalue weighted by molar-refractivity contribution is -0.137. The number of rotatable bonds is 4. The van der Waals surface area contributed by atoms with Crippen LogP contribution in [-0.4, -0.2) is 9.97 Å². The van der Waals surface area contributed by atoms with E-state index >= 15 is 0 Å². The highest BCUT2D eigenvalue weighted by atomic mass is 32.1. The molecule has 0 amide bonds. The average Bonchev–Trinajstić information content (AvgIpc) is 2.81. The molecule has 0 spiro atoms. The van der Waals surface area contributed by atoms with Crippen LogP contribution >= 0.6 is 11.3 Å².